The van der Waals surface area contributed by atoms with Gasteiger partial charge in [0.25, 0.3) is 0 Å². The van der Waals surface area contributed by atoms with Crippen LogP contribution < -0.4 is 0 Å². The van der Waals surface area contributed by atoms with Crippen LogP contribution >= 0.6 is 0 Å². The van der Waals surface area contributed by atoms with Crippen molar-refractivity contribution in [1.82, 2.24) is 9.13 Å². The normalized spacial score (nSPS) is 12.3. The van der Waals surface area contributed by atoms with Crippen molar-refractivity contribution in [2.75, 3.05) is 0 Å². The van der Waals surface area contributed by atoms with Gasteiger partial charge in [0.2, 0.25) is 0 Å². The molecule has 0 saturated carbocycles. The van der Waals surface area contributed by atoms with Gasteiger partial charge in [-0.05, 0) is 185 Å². The molecular weight excluding hydrogens is 917 g/mol. The second kappa shape index (κ2) is 18.1. The standard InChI is InChI=1S/C74H64N2/c1-9-75-67-37-31-55(41-61(67)63-45-57(73(3,4)5)33-39-69(63)75)49-21-25-51(26-22-49)71-59-35-29-54(48-19-15-12-16-20-48)44-66(59)72(60-36-30-53(43-65(60)71)47-17-13-11-14-18-47)52-27-23-50(24-28-52)56-32-38-68-62(42-56)64-46-58(74(6,7)8)34-40-70(64)76(68)10-2/h11-46H,9-10H2,1-8H3. The van der Waals surface area contributed by atoms with Crippen LogP contribution in [0.1, 0.15) is 66.5 Å². The number of fused-ring (bicyclic) bond motifs is 8. The minimum Gasteiger partial charge on any atom is -0.341 e. The Bertz CT molecular complexity index is 4090. The van der Waals surface area contributed by atoms with Gasteiger partial charge in [0.1, 0.15) is 0 Å². The summed E-state index contributed by atoms with van der Waals surface area (Å²) in [6.45, 7) is 20.2. The summed E-state index contributed by atoms with van der Waals surface area (Å²) in [6, 6.07) is 82.9. The van der Waals surface area contributed by atoms with E-state index in [1.54, 1.807) is 0 Å². The molecule has 370 valence electrons. The summed E-state index contributed by atoms with van der Waals surface area (Å²) >= 11 is 0. The van der Waals surface area contributed by atoms with E-state index in [0.29, 0.717) is 0 Å². The fourth-order valence-corrected chi connectivity index (χ4v) is 12.3. The molecule has 0 unspecified atom stereocenters. The van der Waals surface area contributed by atoms with Crippen LogP contribution in [0.2, 0.25) is 0 Å². The molecule has 0 fully saturated rings. The molecule has 2 heteroatoms. The molecule has 13 rings (SSSR count). The van der Waals surface area contributed by atoms with Crippen molar-refractivity contribution in [3.05, 3.63) is 230 Å². The lowest BCUT2D eigenvalue weighted by Gasteiger charge is -2.20. The number of hydrogen-bond donors (Lipinski definition) is 0. The van der Waals surface area contributed by atoms with E-state index in [1.165, 1.54) is 143 Å². The summed E-state index contributed by atoms with van der Waals surface area (Å²) in [5.74, 6) is 0. The molecule has 0 spiro atoms. The predicted octanol–water partition coefficient (Wildman–Crippen LogP) is 20.8. The maximum absolute atomic E-state index is 2.46. The maximum atomic E-state index is 2.46. The fourth-order valence-electron chi connectivity index (χ4n) is 12.3. The Morgan fingerprint density at radius 3 is 0.868 bits per heavy atom. The summed E-state index contributed by atoms with van der Waals surface area (Å²) in [7, 11) is 0. The molecule has 13 aromatic rings. The molecule has 2 heterocycles. The molecule has 2 nitrogen and oxygen atoms in total. The van der Waals surface area contributed by atoms with Crippen molar-refractivity contribution in [2.24, 2.45) is 0 Å². The Labute approximate surface area is 447 Å². The van der Waals surface area contributed by atoms with Gasteiger partial charge in [0.05, 0.1) is 0 Å². The van der Waals surface area contributed by atoms with Gasteiger partial charge in [-0.2, -0.15) is 0 Å². The fraction of sp³-hybridized carbons (Fsp3) is 0.162. The van der Waals surface area contributed by atoms with E-state index in [9.17, 15) is 0 Å². The first-order chi connectivity index (χ1) is 36.8. The van der Waals surface area contributed by atoms with Crippen LogP contribution in [0, 0.1) is 0 Å². The third-order valence-corrected chi connectivity index (χ3v) is 16.4. The van der Waals surface area contributed by atoms with Crippen LogP contribution in [0.15, 0.2) is 218 Å². The molecule has 0 bridgehead atoms. The van der Waals surface area contributed by atoms with Crippen molar-refractivity contribution < 1.29 is 0 Å². The molecule has 0 aliphatic rings. The lowest BCUT2D eigenvalue weighted by atomic mass is 9.83. The van der Waals surface area contributed by atoms with Gasteiger partial charge in [0, 0.05) is 56.7 Å². The maximum Gasteiger partial charge on any atom is 0.0491 e. The van der Waals surface area contributed by atoms with Crippen LogP contribution in [-0.2, 0) is 23.9 Å². The van der Waals surface area contributed by atoms with E-state index in [1.807, 2.05) is 0 Å². The zero-order valence-corrected chi connectivity index (χ0v) is 45.1. The van der Waals surface area contributed by atoms with Gasteiger partial charge in [-0.3, -0.25) is 0 Å². The molecule has 0 saturated heterocycles. The lowest BCUT2D eigenvalue weighted by molar-refractivity contribution is 0.591. The highest BCUT2D eigenvalue weighted by Gasteiger charge is 2.22. The van der Waals surface area contributed by atoms with Crippen molar-refractivity contribution >= 4 is 65.2 Å². The lowest BCUT2D eigenvalue weighted by Crippen LogP contribution is -2.10. The van der Waals surface area contributed by atoms with Crippen molar-refractivity contribution in [3.63, 3.8) is 0 Å². The average Bonchev–Trinajstić information content (AvgIpc) is 3.99. The Morgan fingerprint density at radius 1 is 0.250 bits per heavy atom. The van der Waals surface area contributed by atoms with Gasteiger partial charge in [-0.15, -0.1) is 0 Å². The highest BCUT2D eigenvalue weighted by atomic mass is 15.0. The Hall–Kier alpha value is -8.46. The minimum absolute atomic E-state index is 0.0658. The van der Waals surface area contributed by atoms with E-state index >= 15 is 0 Å². The Morgan fingerprint density at radius 2 is 0.526 bits per heavy atom. The van der Waals surface area contributed by atoms with Crippen LogP contribution in [0.3, 0.4) is 0 Å². The van der Waals surface area contributed by atoms with Crippen LogP contribution in [0.5, 0.6) is 0 Å². The second-order valence-electron chi connectivity index (χ2n) is 23.1. The Balaban J connectivity index is 0.983. The molecule has 0 atom stereocenters. The summed E-state index contributed by atoms with van der Waals surface area (Å²) < 4.78 is 4.92. The van der Waals surface area contributed by atoms with Crippen molar-refractivity contribution in [2.45, 2.75) is 79.3 Å². The van der Waals surface area contributed by atoms with E-state index in [0.717, 1.165) is 13.1 Å². The number of hydrogen-bond acceptors (Lipinski definition) is 0. The smallest absolute Gasteiger partial charge is 0.0491 e. The van der Waals surface area contributed by atoms with Crippen LogP contribution in [-0.4, -0.2) is 9.13 Å². The summed E-state index contributed by atoms with van der Waals surface area (Å²) in [6.07, 6.45) is 0. The number of nitrogens with zero attached hydrogens (tertiary/aromatic N) is 2. The highest BCUT2D eigenvalue weighted by molar-refractivity contribution is 6.23. The van der Waals surface area contributed by atoms with E-state index in [4.69, 9.17) is 0 Å². The van der Waals surface area contributed by atoms with Crippen LogP contribution in [0.25, 0.3) is 132 Å². The molecule has 0 radical (unpaired) electrons. The molecule has 0 aliphatic heterocycles. The molecular formula is C74H64N2. The largest absolute Gasteiger partial charge is 0.341 e. The molecule has 0 N–H and O–H groups in total. The second-order valence-corrected chi connectivity index (χ2v) is 23.1. The summed E-state index contributed by atoms with van der Waals surface area (Å²) in [5, 5.41) is 10.2. The highest BCUT2D eigenvalue weighted by Crippen LogP contribution is 2.47. The molecule has 11 aromatic carbocycles. The van der Waals surface area contributed by atoms with Crippen LogP contribution in [0.4, 0.5) is 0 Å². The van der Waals surface area contributed by atoms with E-state index < -0.39 is 0 Å². The quantitative estimate of drug-likeness (QED) is 0.134. The molecule has 76 heavy (non-hydrogen) atoms. The van der Waals surface area contributed by atoms with Gasteiger partial charge >= 0.3 is 0 Å². The number of benzene rings is 11. The molecule has 0 aliphatic carbocycles. The molecule has 0 amide bonds. The SMILES string of the molecule is CCn1c2ccc(-c3ccc(-c4c5ccc(-c6ccccc6)cc5c(-c5ccc(-c6ccc7c(c6)c6cc(C(C)(C)C)ccc6n7CC)cc5)c5ccc(-c6ccccc6)cc45)cc3)cc2c2cc(C(C)(C)C)ccc21. The Kier molecular flexibility index (Phi) is 11.3. The minimum atomic E-state index is 0.0658. The monoisotopic (exact) mass is 981 g/mol. The summed E-state index contributed by atoms with van der Waals surface area (Å²) in [4.78, 5) is 0. The van der Waals surface area contributed by atoms with Crippen molar-refractivity contribution in [3.8, 4) is 66.8 Å². The third kappa shape index (κ3) is 7.93. The van der Waals surface area contributed by atoms with E-state index in [-0.39, 0.29) is 10.8 Å². The molecule has 2 aromatic heterocycles. The zero-order chi connectivity index (χ0) is 52.0. The summed E-state index contributed by atoms with van der Waals surface area (Å²) in [5.41, 5.74) is 22.6. The first-order valence-corrected chi connectivity index (χ1v) is 27.3. The zero-order valence-electron chi connectivity index (χ0n) is 45.1. The number of rotatable bonds is 8. The van der Waals surface area contributed by atoms with Crippen molar-refractivity contribution in [1.29, 1.82) is 0 Å². The average molecular weight is 981 g/mol. The number of aryl methyl sites for hydroxylation is 2. The first-order valence-electron chi connectivity index (χ1n) is 27.3. The van der Waals surface area contributed by atoms with E-state index in [2.05, 4.69) is 283 Å². The van der Waals surface area contributed by atoms with Gasteiger partial charge < -0.3 is 9.13 Å². The number of aromatic nitrogens is 2. The van der Waals surface area contributed by atoms with Gasteiger partial charge in [-0.25, -0.2) is 0 Å². The predicted molar refractivity (Wildman–Crippen MR) is 329 cm³/mol. The van der Waals surface area contributed by atoms with Gasteiger partial charge in [-0.1, -0.05) is 199 Å². The first kappa shape index (κ1) is 47.3. The van der Waals surface area contributed by atoms with Gasteiger partial charge in [0.15, 0.2) is 0 Å². The third-order valence-electron chi connectivity index (χ3n) is 16.4. The topological polar surface area (TPSA) is 9.86 Å².